The minimum Gasteiger partial charge on any atom is -0.396 e. The van der Waals surface area contributed by atoms with Crippen LogP contribution in [0.4, 0.5) is 0 Å². The van der Waals surface area contributed by atoms with Crippen molar-refractivity contribution in [2.24, 2.45) is 0 Å². The molecule has 1 unspecified atom stereocenters. The van der Waals surface area contributed by atoms with Crippen LogP contribution in [0.5, 0.6) is 0 Å². The molecule has 6 nitrogen and oxygen atoms in total. The van der Waals surface area contributed by atoms with Gasteiger partial charge in [0.15, 0.2) is 0 Å². The smallest absolute Gasteiger partial charge is 0.142 e. The number of nitriles is 1. The second-order valence-corrected chi connectivity index (χ2v) is 3.99. The van der Waals surface area contributed by atoms with Crippen LogP contribution in [-0.2, 0) is 6.54 Å². The van der Waals surface area contributed by atoms with Crippen molar-refractivity contribution in [2.45, 2.75) is 37.9 Å². The number of aliphatic hydroxyl groups excluding tert-OH is 1. The number of rotatable bonds is 6. The monoisotopic (exact) mass is 221 g/mol. The van der Waals surface area contributed by atoms with Gasteiger partial charge in [-0.3, -0.25) is 10.00 Å². The van der Waals surface area contributed by atoms with Gasteiger partial charge in [0.25, 0.3) is 0 Å². The van der Waals surface area contributed by atoms with Crippen molar-refractivity contribution in [3.63, 3.8) is 0 Å². The van der Waals surface area contributed by atoms with E-state index in [0.29, 0.717) is 24.7 Å². The molecular formula is C10H15N5O. The third kappa shape index (κ3) is 2.78. The molecule has 1 atom stereocenters. The summed E-state index contributed by atoms with van der Waals surface area (Å²) < 4.78 is 1.66. The van der Waals surface area contributed by atoms with Crippen molar-refractivity contribution in [3.05, 3.63) is 11.9 Å². The number of aryl methyl sites for hydroxylation is 1. The quantitative estimate of drug-likeness (QED) is 0.704. The summed E-state index contributed by atoms with van der Waals surface area (Å²) in [6.45, 7) is 0.766. The Kier molecular flexibility index (Phi) is 3.49. The molecule has 6 heteroatoms. The van der Waals surface area contributed by atoms with Crippen LogP contribution in [-0.4, -0.2) is 32.7 Å². The molecule has 0 spiro atoms. The van der Waals surface area contributed by atoms with Crippen LogP contribution in [0.3, 0.4) is 0 Å². The van der Waals surface area contributed by atoms with Gasteiger partial charge in [-0.1, -0.05) is 5.21 Å². The molecule has 86 valence electrons. The van der Waals surface area contributed by atoms with Crippen molar-refractivity contribution in [1.29, 1.82) is 5.26 Å². The van der Waals surface area contributed by atoms with Crippen molar-refractivity contribution in [2.75, 3.05) is 6.61 Å². The largest absolute Gasteiger partial charge is 0.396 e. The Morgan fingerprint density at radius 3 is 3.12 bits per heavy atom. The van der Waals surface area contributed by atoms with E-state index in [4.69, 9.17) is 10.4 Å². The maximum Gasteiger partial charge on any atom is 0.142 e. The van der Waals surface area contributed by atoms with Crippen LogP contribution in [0.1, 0.15) is 31.0 Å². The Balaban J connectivity index is 1.95. The highest BCUT2D eigenvalue weighted by Crippen LogP contribution is 2.22. The first-order valence-electron chi connectivity index (χ1n) is 5.50. The summed E-state index contributed by atoms with van der Waals surface area (Å²) in [5, 5.41) is 28.8. The summed E-state index contributed by atoms with van der Waals surface area (Å²) in [5.74, 6) is 0. The standard InChI is InChI=1S/C10H15N5O/c11-6-9(12-8-2-3-8)10-7-15(14-13-10)4-1-5-16/h7-9,12,16H,1-5H2. The first-order chi connectivity index (χ1) is 7.83. The van der Waals surface area contributed by atoms with Crippen LogP contribution >= 0.6 is 0 Å². The zero-order valence-electron chi connectivity index (χ0n) is 9.00. The number of nitrogens with one attached hydrogen (secondary N) is 1. The lowest BCUT2D eigenvalue weighted by molar-refractivity contribution is 0.276. The summed E-state index contributed by atoms with van der Waals surface area (Å²) in [4.78, 5) is 0. The van der Waals surface area contributed by atoms with Crippen LogP contribution in [0, 0.1) is 11.3 Å². The van der Waals surface area contributed by atoms with Gasteiger partial charge in [-0.2, -0.15) is 5.26 Å². The summed E-state index contributed by atoms with van der Waals surface area (Å²) >= 11 is 0. The SMILES string of the molecule is N#CC(NC1CC1)c1cn(CCCO)nn1. The predicted octanol–water partition coefficient (Wildman–Crippen LogP) is -0.0228. The number of hydrogen-bond donors (Lipinski definition) is 2. The summed E-state index contributed by atoms with van der Waals surface area (Å²) in [6, 6.07) is 2.28. The number of nitrogens with zero attached hydrogens (tertiary/aromatic N) is 4. The molecule has 0 aromatic carbocycles. The fourth-order valence-corrected chi connectivity index (χ4v) is 1.46. The molecular weight excluding hydrogens is 206 g/mol. The molecule has 16 heavy (non-hydrogen) atoms. The third-order valence-corrected chi connectivity index (χ3v) is 2.51. The average Bonchev–Trinajstić information content (AvgIpc) is 3.00. The van der Waals surface area contributed by atoms with E-state index in [1.54, 1.807) is 10.9 Å². The molecule has 0 bridgehead atoms. The van der Waals surface area contributed by atoms with Gasteiger partial charge >= 0.3 is 0 Å². The van der Waals surface area contributed by atoms with E-state index in [1.807, 2.05) is 0 Å². The van der Waals surface area contributed by atoms with Gasteiger partial charge in [-0.25, -0.2) is 0 Å². The normalized spacial score (nSPS) is 17.0. The Labute approximate surface area is 93.9 Å². The lowest BCUT2D eigenvalue weighted by Crippen LogP contribution is -2.22. The first kappa shape index (κ1) is 11.0. The Hall–Kier alpha value is -1.45. The van der Waals surface area contributed by atoms with Crippen molar-refractivity contribution < 1.29 is 5.11 Å². The maximum absolute atomic E-state index is 9.01. The molecule has 1 saturated carbocycles. The Bertz CT molecular complexity index is 379. The Morgan fingerprint density at radius 1 is 1.69 bits per heavy atom. The van der Waals surface area contributed by atoms with Gasteiger partial charge < -0.3 is 5.11 Å². The fourth-order valence-electron chi connectivity index (χ4n) is 1.46. The topological polar surface area (TPSA) is 86.8 Å². The highest BCUT2D eigenvalue weighted by Gasteiger charge is 2.26. The molecule has 0 aliphatic heterocycles. The summed E-state index contributed by atoms with van der Waals surface area (Å²) in [5.41, 5.74) is 0.660. The summed E-state index contributed by atoms with van der Waals surface area (Å²) in [6.07, 6.45) is 4.68. The first-order valence-corrected chi connectivity index (χ1v) is 5.50. The predicted molar refractivity (Wildman–Crippen MR) is 56.2 cm³/mol. The molecule has 1 heterocycles. The molecule has 1 aromatic heterocycles. The average molecular weight is 221 g/mol. The molecule has 0 saturated heterocycles. The molecule has 0 amide bonds. The van der Waals surface area contributed by atoms with Gasteiger partial charge in [0, 0.05) is 19.2 Å². The minimum atomic E-state index is -0.365. The van der Waals surface area contributed by atoms with Gasteiger partial charge in [0.1, 0.15) is 11.7 Å². The number of aliphatic hydroxyl groups is 1. The van der Waals surface area contributed by atoms with Crippen molar-refractivity contribution >= 4 is 0 Å². The lowest BCUT2D eigenvalue weighted by Gasteiger charge is -2.05. The van der Waals surface area contributed by atoms with Crippen LogP contribution in [0.2, 0.25) is 0 Å². The molecule has 2 rings (SSSR count). The summed E-state index contributed by atoms with van der Waals surface area (Å²) in [7, 11) is 0. The van der Waals surface area contributed by atoms with Gasteiger partial charge in [-0.15, -0.1) is 5.10 Å². The minimum absolute atomic E-state index is 0.136. The fraction of sp³-hybridized carbons (Fsp3) is 0.700. The lowest BCUT2D eigenvalue weighted by atomic mass is 10.2. The van der Waals surface area contributed by atoms with E-state index < -0.39 is 0 Å². The molecule has 0 radical (unpaired) electrons. The maximum atomic E-state index is 9.01. The molecule has 2 N–H and O–H groups in total. The zero-order chi connectivity index (χ0) is 11.4. The van der Waals surface area contributed by atoms with E-state index in [-0.39, 0.29) is 12.6 Å². The second-order valence-electron chi connectivity index (χ2n) is 3.99. The van der Waals surface area contributed by atoms with Crippen LogP contribution in [0.25, 0.3) is 0 Å². The van der Waals surface area contributed by atoms with E-state index in [2.05, 4.69) is 21.7 Å². The van der Waals surface area contributed by atoms with Crippen molar-refractivity contribution in [3.8, 4) is 6.07 Å². The molecule has 1 aliphatic carbocycles. The van der Waals surface area contributed by atoms with Crippen molar-refractivity contribution in [1.82, 2.24) is 20.3 Å². The van der Waals surface area contributed by atoms with Gasteiger partial charge in [0.2, 0.25) is 0 Å². The van der Waals surface area contributed by atoms with Crippen LogP contribution in [0.15, 0.2) is 6.20 Å². The number of aromatic nitrogens is 3. The van der Waals surface area contributed by atoms with E-state index in [0.717, 1.165) is 12.8 Å². The highest BCUT2D eigenvalue weighted by atomic mass is 16.3. The third-order valence-electron chi connectivity index (χ3n) is 2.51. The van der Waals surface area contributed by atoms with Crippen LogP contribution < -0.4 is 5.32 Å². The molecule has 1 aliphatic rings. The zero-order valence-corrected chi connectivity index (χ0v) is 9.00. The van der Waals surface area contributed by atoms with Gasteiger partial charge in [0.05, 0.1) is 12.3 Å². The Morgan fingerprint density at radius 2 is 2.50 bits per heavy atom. The number of hydrogen-bond acceptors (Lipinski definition) is 5. The van der Waals surface area contributed by atoms with E-state index in [1.165, 1.54) is 0 Å². The van der Waals surface area contributed by atoms with E-state index in [9.17, 15) is 0 Å². The molecule has 1 fully saturated rings. The highest BCUT2D eigenvalue weighted by molar-refractivity contribution is 5.12. The van der Waals surface area contributed by atoms with Gasteiger partial charge in [-0.05, 0) is 19.3 Å². The molecule has 1 aromatic rings. The van der Waals surface area contributed by atoms with E-state index >= 15 is 0 Å². The second kappa shape index (κ2) is 5.05.